The van der Waals surface area contributed by atoms with Gasteiger partial charge in [0.2, 0.25) is 5.91 Å². The van der Waals surface area contributed by atoms with Crippen LogP contribution >= 0.6 is 12.6 Å². The molecule has 0 aromatic heterocycles. The first-order chi connectivity index (χ1) is 6.11. The number of amides is 1. The summed E-state index contributed by atoms with van der Waals surface area (Å²) in [6, 6.07) is -0.844. The molecule has 0 fully saturated rings. The van der Waals surface area contributed by atoms with Gasteiger partial charge < -0.3 is 16.2 Å². The second kappa shape index (κ2) is 6.73. The molecule has 4 N–H and O–H groups in total. The molecule has 76 valence electrons. The third-order valence-electron chi connectivity index (χ3n) is 1.47. The van der Waals surface area contributed by atoms with E-state index in [4.69, 9.17) is 10.8 Å². The predicted molar refractivity (Wildman–Crippen MR) is 51.7 cm³/mol. The number of hydrogen-bond acceptors (Lipinski definition) is 4. The SMILES string of the molecule is NCCCC(NC(=O)CS)C(=O)O. The molecule has 1 amide bonds. The summed E-state index contributed by atoms with van der Waals surface area (Å²) in [5, 5.41) is 11.0. The van der Waals surface area contributed by atoms with Crippen LogP contribution in [0.4, 0.5) is 0 Å². The molecular weight excluding hydrogens is 192 g/mol. The van der Waals surface area contributed by atoms with Crippen LogP contribution in [-0.4, -0.2) is 35.3 Å². The minimum atomic E-state index is -1.04. The topological polar surface area (TPSA) is 92.4 Å². The molecule has 0 saturated heterocycles. The molecule has 0 bridgehead atoms. The summed E-state index contributed by atoms with van der Waals surface area (Å²) in [7, 11) is 0. The number of nitrogens with one attached hydrogen (secondary N) is 1. The predicted octanol–water partition coefficient (Wildman–Crippen LogP) is -0.776. The van der Waals surface area contributed by atoms with E-state index in [1.807, 2.05) is 0 Å². The van der Waals surface area contributed by atoms with Crippen LogP contribution in [0.2, 0.25) is 0 Å². The van der Waals surface area contributed by atoms with Crippen molar-refractivity contribution in [2.24, 2.45) is 5.73 Å². The Hall–Kier alpha value is -0.750. The number of carbonyl (C=O) groups excluding carboxylic acids is 1. The van der Waals surface area contributed by atoms with Crippen LogP contribution in [0, 0.1) is 0 Å². The first-order valence-corrected chi connectivity index (χ1v) is 4.58. The Bertz CT molecular complexity index is 187. The van der Waals surface area contributed by atoms with Crippen molar-refractivity contribution in [1.29, 1.82) is 0 Å². The van der Waals surface area contributed by atoms with Crippen molar-refractivity contribution in [3.8, 4) is 0 Å². The lowest BCUT2D eigenvalue weighted by molar-refractivity contribution is -0.141. The van der Waals surface area contributed by atoms with E-state index < -0.39 is 12.0 Å². The number of nitrogens with two attached hydrogens (primary N) is 1. The number of hydrogen-bond donors (Lipinski definition) is 4. The van der Waals surface area contributed by atoms with Crippen LogP contribution in [-0.2, 0) is 9.59 Å². The zero-order valence-electron chi connectivity index (χ0n) is 7.19. The highest BCUT2D eigenvalue weighted by Crippen LogP contribution is 1.96. The van der Waals surface area contributed by atoms with Crippen molar-refractivity contribution in [3.63, 3.8) is 0 Å². The molecule has 0 radical (unpaired) electrons. The third kappa shape index (κ3) is 5.48. The van der Waals surface area contributed by atoms with Crippen LogP contribution < -0.4 is 11.1 Å². The van der Waals surface area contributed by atoms with Crippen molar-refractivity contribution in [2.75, 3.05) is 12.3 Å². The average Bonchev–Trinajstić information content (AvgIpc) is 2.11. The van der Waals surface area contributed by atoms with Crippen LogP contribution in [0.15, 0.2) is 0 Å². The zero-order valence-corrected chi connectivity index (χ0v) is 8.09. The number of aliphatic carboxylic acids is 1. The van der Waals surface area contributed by atoms with E-state index in [0.29, 0.717) is 19.4 Å². The molecule has 1 unspecified atom stereocenters. The highest BCUT2D eigenvalue weighted by Gasteiger charge is 2.17. The maximum absolute atomic E-state index is 10.8. The molecule has 0 spiro atoms. The summed E-state index contributed by atoms with van der Waals surface area (Å²) < 4.78 is 0. The lowest BCUT2D eigenvalue weighted by Crippen LogP contribution is -2.41. The van der Waals surface area contributed by atoms with Crippen molar-refractivity contribution >= 4 is 24.5 Å². The first-order valence-electron chi connectivity index (χ1n) is 3.95. The van der Waals surface area contributed by atoms with Gasteiger partial charge in [-0.1, -0.05) is 0 Å². The molecule has 0 aromatic rings. The van der Waals surface area contributed by atoms with Crippen LogP contribution in [0.1, 0.15) is 12.8 Å². The quantitative estimate of drug-likeness (QED) is 0.429. The van der Waals surface area contributed by atoms with Crippen LogP contribution in [0.25, 0.3) is 0 Å². The molecule has 0 heterocycles. The van der Waals surface area contributed by atoms with Gasteiger partial charge in [-0.05, 0) is 19.4 Å². The Balaban J connectivity index is 3.94. The normalized spacial score (nSPS) is 12.2. The Morgan fingerprint density at radius 3 is 2.54 bits per heavy atom. The van der Waals surface area contributed by atoms with Gasteiger partial charge in [-0.2, -0.15) is 12.6 Å². The van der Waals surface area contributed by atoms with Gasteiger partial charge in [0, 0.05) is 0 Å². The Morgan fingerprint density at radius 1 is 1.54 bits per heavy atom. The second-order valence-electron chi connectivity index (χ2n) is 2.55. The smallest absolute Gasteiger partial charge is 0.326 e. The van der Waals surface area contributed by atoms with Gasteiger partial charge in [0.25, 0.3) is 0 Å². The number of carboxylic acids is 1. The highest BCUT2D eigenvalue weighted by atomic mass is 32.1. The van der Waals surface area contributed by atoms with Crippen LogP contribution in [0.5, 0.6) is 0 Å². The molecule has 0 aliphatic carbocycles. The number of carbonyl (C=O) groups is 2. The fraction of sp³-hybridized carbons (Fsp3) is 0.714. The fourth-order valence-electron chi connectivity index (χ4n) is 0.819. The summed E-state index contributed by atoms with van der Waals surface area (Å²) in [4.78, 5) is 21.4. The van der Waals surface area contributed by atoms with Gasteiger partial charge >= 0.3 is 5.97 Å². The largest absolute Gasteiger partial charge is 0.480 e. The lowest BCUT2D eigenvalue weighted by Gasteiger charge is -2.12. The molecule has 1 atom stereocenters. The van der Waals surface area contributed by atoms with Crippen molar-refractivity contribution in [2.45, 2.75) is 18.9 Å². The van der Waals surface area contributed by atoms with Gasteiger partial charge in [0.1, 0.15) is 6.04 Å². The van der Waals surface area contributed by atoms with E-state index in [0.717, 1.165) is 0 Å². The molecule has 6 heteroatoms. The summed E-state index contributed by atoms with van der Waals surface area (Å²) in [5.41, 5.74) is 5.22. The molecular formula is C7H14N2O3S. The molecule has 13 heavy (non-hydrogen) atoms. The van der Waals surface area contributed by atoms with Crippen molar-refractivity contribution in [1.82, 2.24) is 5.32 Å². The van der Waals surface area contributed by atoms with E-state index in [9.17, 15) is 9.59 Å². The van der Waals surface area contributed by atoms with Crippen molar-refractivity contribution in [3.05, 3.63) is 0 Å². The molecule has 0 rings (SSSR count). The van der Waals surface area contributed by atoms with Gasteiger partial charge in [-0.15, -0.1) is 0 Å². The summed E-state index contributed by atoms with van der Waals surface area (Å²) in [6.07, 6.45) is 0.926. The Morgan fingerprint density at radius 2 is 2.15 bits per heavy atom. The summed E-state index contributed by atoms with van der Waals surface area (Å²) >= 11 is 3.72. The van der Waals surface area contributed by atoms with Crippen molar-refractivity contribution < 1.29 is 14.7 Å². The second-order valence-corrected chi connectivity index (χ2v) is 2.86. The summed E-state index contributed by atoms with van der Waals surface area (Å²) in [6.45, 7) is 0.417. The Labute approximate surface area is 82.1 Å². The number of thiol groups is 1. The molecule has 5 nitrogen and oxygen atoms in total. The fourth-order valence-corrected chi connectivity index (χ4v) is 0.911. The van der Waals surface area contributed by atoms with E-state index in [1.165, 1.54) is 0 Å². The van der Waals surface area contributed by atoms with Crippen LogP contribution in [0.3, 0.4) is 0 Å². The maximum atomic E-state index is 10.8. The zero-order chi connectivity index (χ0) is 10.3. The van der Waals surface area contributed by atoms with E-state index in [-0.39, 0.29) is 11.7 Å². The van der Waals surface area contributed by atoms with E-state index >= 15 is 0 Å². The minimum Gasteiger partial charge on any atom is -0.480 e. The number of rotatable bonds is 6. The summed E-state index contributed by atoms with van der Waals surface area (Å²) in [5.74, 6) is -1.43. The molecule has 0 aliphatic heterocycles. The lowest BCUT2D eigenvalue weighted by atomic mass is 10.1. The average molecular weight is 206 g/mol. The number of carboxylic acid groups (broad SMARTS) is 1. The maximum Gasteiger partial charge on any atom is 0.326 e. The third-order valence-corrected chi connectivity index (χ3v) is 1.76. The monoisotopic (exact) mass is 206 g/mol. The van der Waals surface area contributed by atoms with Gasteiger partial charge in [0.15, 0.2) is 0 Å². The molecule has 0 saturated carbocycles. The molecule has 0 aliphatic rings. The highest BCUT2D eigenvalue weighted by molar-refractivity contribution is 7.81. The van der Waals surface area contributed by atoms with E-state index in [1.54, 1.807) is 0 Å². The Kier molecular flexibility index (Phi) is 6.34. The minimum absolute atomic E-state index is 0.00753. The van der Waals surface area contributed by atoms with E-state index in [2.05, 4.69) is 17.9 Å². The van der Waals surface area contributed by atoms with Gasteiger partial charge in [0.05, 0.1) is 5.75 Å². The first kappa shape index (κ1) is 12.2. The standard InChI is InChI=1S/C7H14N2O3S/c8-3-1-2-5(7(11)12)9-6(10)4-13/h5,13H,1-4,8H2,(H,9,10)(H,11,12). The van der Waals surface area contributed by atoms with Gasteiger partial charge in [-0.25, -0.2) is 4.79 Å². The molecule has 0 aromatic carbocycles. The van der Waals surface area contributed by atoms with Gasteiger partial charge in [-0.3, -0.25) is 4.79 Å².